The first-order valence-corrected chi connectivity index (χ1v) is 15.4. The highest BCUT2D eigenvalue weighted by molar-refractivity contribution is 5.88. The molecule has 3 N–H and O–H groups in total. The predicted octanol–water partition coefficient (Wildman–Crippen LogP) is 7.50. The molecule has 7 nitrogen and oxygen atoms in total. The monoisotopic (exact) mass is 588 g/mol. The van der Waals surface area contributed by atoms with Crippen molar-refractivity contribution in [2.75, 3.05) is 26.2 Å². The Morgan fingerprint density at radius 2 is 1.91 bits per heavy atom. The lowest BCUT2D eigenvalue weighted by atomic mass is 10.0. The molecular weight excluding hydrogens is 544 g/mol. The van der Waals surface area contributed by atoms with Crippen molar-refractivity contribution in [3.8, 4) is 35.4 Å². The summed E-state index contributed by atoms with van der Waals surface area (Å²) in [7, 11) is 0. The summed E-state index contributed by atoms with van der Waals surface area (Å²) >= 11 is 0. The topological polar surface area (TPSA) is 93.0 Å². The number of benzene rings is 1. The predicted molar refractivity (Wildman–Crippen MR) is 183 cm³/mol. The van der Waals surface area contributed by atoms with Crippen LogP contribution in [0.4, 0.5) is 0 Å². The Morgan fingerprint density at radius 1 is 1.07 bits per heavy atom. The quantitative estimate of drug-likeness (QED) is 0.107. The number of imidazole rings is 1. The molecule has 44 heavy (non-hydrogen) atoms. The van der Waals surface area contributed by atoms with Crippen molar-refractivity contribution in [2.45, 2.75) is 52.5 Å². The van der Waals surface area contributed by atoms with Gasteiger partial charge in [0.2, 0.25) is 0 Å². The smallest absolute Gasteiger partial charge is 0.124 e. The lowest BCUT2D eigenvalue weighted by Gasteiger charge is -2.30. The molecule has 1 saturated heterocycles. The lowest BCUT2D eigenvalue weighted by Crippen LogP contribution is -2.43. The summed E-state index contributed by atoms with van der Waals surface area (Å²) < 4.78 is 6.22. The summed E-state index contributed by atoms with van der Waals surface area (Å²) in [6.07, 6.45) is 26.2. The van der Waals surface area contributed by atoms with E-state index in [1.165, 1.54) is 0 Å². The summed E-state index contributed by atoms with van der Waals surface area (Å²) in [4.78, 5) is 19.8. The van der Waals surface area contributed by atoms with E-state index in [9.17, 15) is 0 Å². The van der Waals surface area contributed by atoms with E-state index < -0.39 is 0 Å². The second-order valence-electron chi connectivity index (χ2n) is 10.9. The zero-order valence-electron chi connectivity index (χ0n) is 26.2. The molecule has 1 fully saturated rings. The fourth-order valence-corrected chi connectivity index (χ4v) is 5.40. The molecule has 4 heterocycles. The van der Waals surface area contributed by atoms with Gasteiger partial charge in [0.25, 0.3) is 0 Å². The summed E-state index contributed by atoms with van der Waals surface area (Å²) in [5, 5.41) is 1.05. The zero-order valence-corrected chi connectivity index (χ0v) is 26.2. The zero-order chi connectivity index (χ0) is 31.3. The van der Waals surface area contributed by atoms with Gasteiger partial charge in [-0.05, 0) is 81.1 Å². The number of pyridine rings is 2. The van der Waals surface area contributed by atoms with Crippen molar-refractivity contribution in [1.29, 1.82) is 0 Å². The Morgan fingerprint density at radius 3 is 2.66 bits per heavy atom. The van der Waals surface area contributed by atoms with Gasteiger partial charge in [-0.1, -0.05) is 38.1 Å². The molecule has 7 heteroatoms. The average molecular weight is 589 g/mol. The fourth-order valence-electron chi connectivity index (χ4n) is 5.40. The van der Waals surface area contributed by atoms with Crippen LogP contribution in [0.25, 0.3) is 44.7 Å². The van der Waals surface area contributed by atoms with E-state index in [4.69, 9.17) is 20.4 Å². The number of hydrogen-bond donors (Lipinski definition) is 2. The van der Waals surface area contributed by atoms with E-state index in [-0.39, 0.29) is 6.04 Å². The molecule has 0 radical (unpaired) electrons. The molecule has 0 amide bonds. The van der Waals surface area contributed by atoms with Crippen molar-refractivity contribution in [3.63, 3.8) is 0 Å². The molecule has 4 aromatic rings. The molecule has 0 saturated carbocycles. The van der Waals surface area contributed by atoms with Crippen molar-refractivity contribution >= 4 is 22.2 Å². The third kappa shape index (κ3) is 8.31. The van der Waals surface area contributed by atoms with Crippen LogP contribution >= 0.6 is 0 Å². The number of allylic oxidation sites excluding steroid dienone is 5. The number of nitrogens with one attached hydrogen (secondary N) is 1. The number of nitrogens with zero attached hydrogens (tertiary/aromatic N) is 4. The van der Waals surface area contributed by atoms with Crippen LogP contribution in [0.2, 0.25) is 0 Å². The number of terminal acetylenes is 1. The first kappa shape index (κ1) is 32.4. The third-order valence-electron chi connectivity index (χ3n) is 7.64. The Hall–Kier alpha value is -4.51. The van der Waals surface area contributed by atoms with Gasteiger partial charge in [0.1, 0.15) is 12.4 Å². The Kier molecular flexibility index (Phi) is 12.1. The third-order valence-corrected chi connectivity index (χ3v) is 7.64. The first-order valence-electron chi connectivity index (χ1n) is 15.4. The molecule has 1 atom stereocenters. The molecule has 5 rings (SSSR count). The average Bonchev–Trinajstić information content (AvgIpc) is 3.55. The lowest BCUT2D eigenvalue weighted by molar-refractivity contribution is 0.159. The molecular formula is C37H44N6O. The van der Waals surface area contributed by atoms with E-state index in [2.05, 4.69) is 103 Å². The number of H-pyrrole nitrogens is 1. The number of hydrogen-bond acceptors (Lipinski definition) is 6. The Balaban J connectivity index is 0.00000216. The SMILES string of the molecule is C#C.CC/C=C\C=C(/C)c1nc[nH]c1-c1ccc2ncc(-c3ccc(/C(=C/CC)OCCN4CCCC(N)C4)cn3)cc2c1. The molecule has 1 unspecified atom stereocenters. The highest BCUT2D eigenvalue weighted by Crippen LogP contribution is 2.30. The van der Waals surface area contributed by atoms with Crippen molar-refractivity contribution < 1.29 is 4.74 Å². The maximum Gasteiger partial charge on any atom is 0.124 e. The van der Waals surface area contributed by atoms with Crippen molar-refractivity contribution in [1.82, 2.24) is 24.8 Å². The number of ether oxygens (including phenoxy) is 1. The van der Waals surface area contributed by atoms with Gasteiger partial charge in [-0.3, -0.25) is 14.9 Å². The van der Waals surface area contributed by atoms with Crippen molar-refractivity contribution in [3.05, 3.63) is 90.7 Å². The minimum atomic E-state index is 0.277. The number of piperidine rings is 1. The minimum absolute atomic E-state index is 0.277. The molecule has 3 aromatic heterocycles. The van der Waals surface area contributed by atoms with Crippen LogP contribution in [0.3, 0.4) is 0 Å². The highest BCUT2D eigenvalue weighted by Gasteiger charge is 2.17. The van der Waals surface area contributed by atoms with Gasteiger partial charge in [0.05, 0.1) is 28.9 Å². The molecule has 228 valence electrons. The van der Waals surface area contributed by atoms with E-state index in [1.54, 1.807) is 6.33 Å². The maximum atomic E-state index is 6.22. The minimum Gasteiger partial charge on any atom is -0.492 e. The van der Waals surface area contributed by atoms with Gasteiger partial charge in [-0.2, -0.15) is 0 Å². The van der Waals surface area contributed by atoms with E-state index in [0.717, 1.165) is 101 Å². The van der Waals surface area contributed by atoms with Crippen LogP contribution in [-0.2, 0) is 4.74 Å². The molecule has 0 bridgehead atoms. The molecule has 1 aliphatic rings. The number of likely N-dealkylation sites (tertiary alicyclic amines) is 1. The summed E-state index contributed by atoms with van der Waals surface area (Å²) in [6, 6.07) is 12.9. The van der Waals surface area contributed by atoms with Crippen LogP contribution in [0, 0.1) is 12.8 Å². The van der Waals surface area contributed by atoms with E-state index >= 15 is 0 Å². The molecule has 1 aliphatic heterocycles. The number of aromatic amines is 1. The Bertz CT molecular complexity index is 1610. The number of nitrogens with two attached hydrogens (primary N) is 1. The van der Waals surface area contributed by atoms with Crippen LogP contribution in [0.15, 0.2) is 79.4 Å². The molecule has 0 spiro atoms. The Labute approximate surface area is 262 Å². The standard InChI is InChI=1S/C35H42N6O.C2H2/c1-4-6-7-10-25(3)34-35(40-24-39-34)26-12-14-31-28(19-26)20-29(22-38-31)32-15-13-27(21-37-32)33(9-5-2)42-18-17-41-16-8-11-30(36)23-41;1-2/h6-7,9-10,12-15,19-22,24,30H,4-5,8,11,16-18,23,36H2,1-3H3,(H,39,40);1-2H/b7-6-,25-10+,33-9-;. The highest BCUT2D eigenvalue weighted by atomic mass is 16.5. The van der Waals surface area contributed by atoms with Gasteiger partial charge >= 0.3 is 0 Å². The maximum absolute atomic E-state index is 6.22. The van der Waals surface area contributed by atoms with Gasteiger partial charge in [0.15, 0.2) is 0 Å². The molecule has 1 aromatic carbocycles. The largest absolute Gasteiger partial charge is 0.492 e. The van der Waals surface area contributed by atoms with Crippen LogP contribution in [0.5, 0.6) is 0 Å². The summed E-state index contributed by atoms with van der Waals surface area (Å²) in [6.45, 7) is 9.91. The second-order valence-corrected chi connectivity index (χ2v) is 10.9. The van der Waals surface area contributed by atoms with Gasteiger partial charge in [0, 0.05) is 53.6 Å². The summed E-state index contributed by atoms with van der Waals surface area (Å²) in [5.41, 5.74) is 14.0. The summed E-state index contributed by atoms with van der Waals surface area (Å²) in [5.74, 6) is 0.879. The first-order chi connectivity index (χ1) is 21.6. The van der Waals surface area contributed by atoms with Crippen LogP contribution in [0.1, 0.15) is 57.7 Å². The van der Waals surface area contributed by atoms with Gasteiger partial charge < -0.3 is 15.5 Å². The van der Waals surface area contributed by atoms with Gasteiger partial charge in [-0.15, -0.1) is 12.8 Å². The van der Waals surface area contributed by atoms with E-state index in [0.29, 0.717) is 6.61 Å². The fraction of sp³-hybridized carbons (Fsp3) is 0.324. The van der Waals surface area contributed by atoms with Crippen LogP contribution in [-0.4, -0.2) is 57.1 Å². The van der Waals surface area contributed by atoms with Gasteiger partial charge in [-0.25, -0.2) is 4.98 Å². The van der Waals surface area contributed by atoms with Crippen LogP contribution < -0.4 is 5.73 Å². The number of aromatic nitrogens is 4. The number of fused-ring (bicyclic) bond motifs is 1. The molecule has 0 aliphatic carbocycles. The normalized spacial score (nSPS) is 16.2. The van der Waals surface area contributed by atoms with Crippen molar-refractivity contribution in [2.24, 2.45) is 5.73 Å². The van der Waals surface area contributed by atoms with E-state index in [1.807, 2.05) is 18.5 Å². The second kappa shape index (κ2) is 16.4. The number of rotatable bonds is 11.